The average molecular weight is 248 g/mol. The van der Waals surface area contributed by atoms with Crippen LogP contribution in [-0.4, -0.2) is 17.0 Å². The number of aromatic nitrogens is 1. The van der Waals surface area contributed by atoms with Crippen LogP contribution in [0.3, 0.4) is 0 Å². The van der Waals surface area contributed by atoms with Crippen LogP contribution in [0.1, 0.15) is 5.56 Å². The third-order valence-corrected chi connectivity index (χ3v) is 2.33. The predicted molar refractivity (Wildman–Crippen MR) is 66.5 cm³/mol. The molecule has 18 heavy (non-hydrogen) atoms. The number of pyridine rings is 1. The molecule has 0 aliphatic heterocycles. The zero-order valence-electron chi connectivity index (χ0n) is 9.71. The smallest absolute Gasteiger partial charge is 0.276 e. The van der Waals surface area contributed by atoms with Gasteiger partial charge in [0.1, 0.15) is 11.6 Å². The molecule has 0 unspecified atom stereocenters. The number of furan rings is 1. The lowest BCUT2D eigenvalue weighted by molar-refractivity contribution is -0.384. The van der Waals surface area contributed by atoms with Crippen LogP contribution >= 0.6 is 0 Å². The van der Waals surface area contributed by atoms with Crippen molar-refractivity contribution in [3.05, 3.63) is 46.4 Å². The van der Waals surface area contributed by atoms with Crippen molar-refractivity contribution in [1.82, 2.24) is 4.98 Å². The minimum atomic E-state index is -0.453. The van der Waals surface area contributed by atoms with Crippen LogP contribution in [0, 0.1) is 10.1 Å². The normalized spacial score (nSPS) is 10.1. The highest BCUT2D eigenvalue weighted by atomic mass is 16.6. The van der Waals surface area contributed by atoms with Gasteiger partial charge in [0.05, 0.1) is 29.6 Å². The summed E-state index contributed by atoms with van der Waals surface area (Å²) in [5, 5.41) is 16.5. The molecule has 94 valence electrons. The Morgan fingerprint density at radius 2 is 2.22 bits per heavy atom. The van der Waals surface area contributed by atoms with Crippen molar-refractivity contribution in [1.29, 1.82) is 0 Å². The number of hydrogen-bond acceptors (Lipinski definition) is 6. The van der Waals surface area contributed by atoms with E-state index in [-0.39, 0.29) is 5.69 Å². The zero-order chi connectivity index (χ0) is 13.0. The molecule has 0 aromatic carbocycles. The Balaban J connectivity index is 2.16. The second kappa shape index (κ2) is 5.17. The highest BCUT2D eigenvalue weighted by Crippen LogP contribution is 2.20. The molecule has 0 aliphatic rings. The van der Waals surface area contributed by atoms with Crippen molar-refractivity contribution in [3.63, 3.8) is 0 Å². The van der Waals surface area contributed by atoms with E-state index in [0.29, 0.717) is 18.2 Å². The molecule has 0 fully saturated rings. The van der Waals surface area contributed by atoms with Crippen LogP contribution in [-0.2, 0) is 6.54 Å². The molecule has 2 aromatic rings. The average Bonchev–Trinajstić information content (AvgIpc) is 2.89. The topological polar surface area (TPSA) is 93.2 Å². The Hall–Kier alpha value is -2.57. The Bertz CT molecular complexity index is 539. The number of rotatable bonds is 5. The molecule has 0 spiro atoms. The van der Waals surface area contributed by atoms with Gasteiger partial charge in [-0.3, -0.25) is 10.1 Å². The largest absolute Gasteiger partial charge is 0.472 e. The molecule has 2 heterocycles. The van der Waals surface area contributed by atoms with Gasteiger partial charge in [0.25, 0.3) is 5.69 Å². The summed E-state index contributed by atoms with van der Waals surface area (Å²) in [6, 6.07) is 4.58. The molecule has 0 saturated carbocycles. The van der Waals surface area contributed by atoms with E-state index >= 15 is 0 Å². The SMILES string of the molecule is CNc1cc([N+](=O)[O-])cc(NCc2ccoc2)n1. The molecule has 7 nitrogen and oxygen atoms in total. The summed E-state index contributed by atoms with van der Waals surface area (Å²) in [5.74, 6) is 0.883. The number of hydrogen-bond donors (Lipinski definition) is 2. The van der Waals surface area contributed by atoms with Gasteiger partial charge in [-0.05, 0) is 6.07 Å². The number of nitrogens with one attached hydrogen (secondary N) is 2. The molecule has 2 aromatic heterocycles. The standard InChI is InChI=1S/C11H12N4O3/c1-12-10-4-9(15(16)17)5-11(14-10)13-6-8-2-3-18-7-8/h2-5,7H,6H2,1H3,(H2,12,13,14). The van der Waals surface area contributed by atoms with E-state index in [1.54, 1.807) is 19.6 Å². The zero-order valence-corrected chi connectivity index (χ0v) is 9.71. The van der Waals surface area contributed by atoms with Crippen LogP contribution in [0.2, 0.25) is 0 Å². The Morgan fingerprint density at radius 1 is 1.44 bits per heavy atom. The summed E-state index contributed by atoms with van der Waals surface area (Å²) in [5.41, 5.74) is 0.929. The van der Waals surface area contributed by atoms with Gasteiger partial charge >= 0.3 is 0 Å². The molecule has 0 amide bonds. The fourth-order valence-corrected chi connectivity index (χ4v) is 1.43. The van der Waals surface area contributed by atoms with E-state index in [2.05, 4.69) is 15.6 Å². The molecule has 0 aliphatic carbocycles. The minimum absolute atomic E-state index is 0.0101. The van der Waals surface area contributed by atoms with Gasteiger partial charge < -0.3 is 15.1 Å². The lowest BCUT2D eigenvalue weighted by Gasteiger charge is -2.06. The van der Waals surface area contributed by atoms with Crippen molar-refractivity contribution < 1.29 is 9.34 Å². The highest BCUT2D eigenvalue weighted by Gasteiger charge is 2.10. The van der Waals surface area contributed by atoms with Gasteiger partial charge in [-0.2, -0.15) is 0 Å². The molecule has 7 heteroatoms. The molecule has 0 saturated heterocycles. The van der Waals surface area contributed by atoms with E-state index < -0.39 is 4.92 Å². The van der Waals surface area contributed by atoms with Crippen molar-refractivity contribution in [2.45, 2.75) is 6.54 Å². The van der Waals surface area contributed by atoms with Gasteiger partial charge in [0, 0.05) is 19.2 Å². The van der Waals surface area contributed by atoms with Crippen LogP contribution in [0.5, 0.6) is 0 Å². The first-order chi connectivity index (χ1) is 8.69. The second-order valence-corrected chi connectivity index (χ2v) is 3.59. The minimum Gasteiger partial charge on any atom is -0.472 e. The first kappa shape index (κ1) is 11.9. The summed E-state index contributed by atoms with van der Waals surface area (Å²) in [7, 11) is 1.66. The summed E-state index contributed by atoms with van der Waals surface area (Å²) in [4.78, 5) is 14.5. The Kier molecular flexibility index (Phi) is 3.42. The molecule has 0 bridgehead atoms. The Labute approximate surface area is 103 Å². The molecular weight excluding hydrogens is 236 g/mol. The third-order valence-electron chi connectivity index (χ3n) is 2.33. The number of anilines is 2. The molecule has 0 atom stereocenters. The van der Waals surface area contributed by atoms with Crippen molar-refractivity contribution in [2.75, 3.05) is 17.7 Å². The van der Waals surface area contributed by atoms with Crippen LogP contribution in [0.25, 0.3) is 0 Å². The molecule has 2 N–H and O–H groups in total. The summed E-state index contributed by atoms with van der Waals surface area (Å²) in [6.07, 6.45) is 3.17. The van der Waals surface area contributed by atoms with Crippen molar-refractivity contribution in [2.24, 2.45) is 0 Å². The second-order valence-electron chi connectivity index (χ2n) is 3.59. The van der Waals surface area contributed by atoms with E-state index in [9.17, 15) is 10.1 Å². The Morgan fingerprint density at radius 3 is 2.83 bits per heavy atom. The van der Waals surface area contributed by atoms with Crippen LogP contribution in [0.4, 0.5) is 17.3 Å². The van der Waals surface area contributed by atoms with E-state index in [0.717, 1.165) is 5.56 Å². The van der Waals surface area contributed by atoms with Gasteiger partial charge in [0.2, 0.25) is 0 Å². The quantitative estimate of drug-likeness (QED) is 0.622. The first-order valence-corrected chi connectivity index (χ1v) is 5.28. The van der Waals surface area contributed by atoms with E-state index in [1.807, 2.05) is 6.07 Å². The highest BCUT2D eigenvalue weighted by molar-refractivity contribution is 5.54. The van der Waals surface area contributed by atoms with E-state index in [1.165, 1.54) is 12.1 Å². The van der Waals surface area contributed by atoms with Crippen LogP contribution < -0.4 is 10.6 Å². The van der Waals surface area contributed by atoms with E-state index in [4.69, 9.17) is 4.42 Å². The monoisotopic (exact) mass is 248 g/mol. The van der Waals surface area contributed by atoms with Gasteiger partial charge in [-0.1, -0.05) is 0 Å². The molecular formula is C11H12N4O3. The summed E-state index contributed by atoms with van der Waals surface area (Å²) in [6.45, 7) is 0.494. The maximum absolute atomic E-state index is 10.8. The summed E-state index contributed by atoms with van der Waals surface area (Å²) >= 11 is 0. The fraction of sp³-hybridized carbons (Fsp3) is 0.182. The van der Waals surface area contributed by atoms with Crippen molar-refractivity contribution in [3.8, 4) is 0 Å². The van der Waals surface area contributed by atoms with Gasteiger partial charge in [0.15, 0.2) is 0 Å². The lowest BCUT2D eigenvalue weighted by atomic mass is 10.3. The number of nitro groups is 1. The molecule has 2 rings (SSSR count). The molecule has 0 radical (unpaired) electrons. The summed E-state index contributed by atoms with van der Waals surface area (Å²) < 4.78 is 4.93. The maximum Gasteiger partial charge on any atom is 0.276 e. The number of nitrogens with zero attached hydrogens (tertiary/aromatic N) is 2. The lowest BCUT2D eigenvalue weighted by Crippen LogP contribution is -2.03. The van der Waals surface area contributed by atoms with Gasteiger partial charge in [-0.15, -0.1) is 0 Å². The maximum atomic E-state index is 10.8. The van der Waals surface area contributed by atoms with Gasteiger partial charge in [-0.25, -0.2) is 4.98 Å². The van der Waals surface area contributed by atoms with Crippen molar-refractivity contribution >= 4 is 17.3 Å². The predicted octanol–water partition coefficient (Wildman–Crippen LogP) is 2.24. The third kappa shape index (κ3) is 2.76. The van der Waals surface area contributed by atoms with Crippen LogP contribution in [0.15, 0.2) is 35.1 Å². The first-order valence-electron chi connectivity index (χ1n) is 5.28. The fourth-order valence-electron chi connectivity index (χ4n) is 1.43.